The first kappa shape index (κ1) is 58.3. The zero-order valence-electron chi connectivity index (χ0n) is 40.4. The molecule has 3 N–H and O–H groups in total. The summed E-state index contributed by atoms with van der Waals surface area (Å²) in [4.78, 5) is 26.1. The Morgan fingerprint density at radius 2 is 0.850 bits per heavy atom. The van der Waals surface area contributed by atoms with Gasteiger partial charge < -0.3 is 20.3 Å². The molecular weight excluding hydrogens is 743 g/mol. The summed E-state index contributed by atoms with van der Waals surface area (Å²) in [5, 5.41) is 23.7. The third kappa shape index (κ3) is 43.0. The van der Waals surface area contributed by atoms with Crippen LogP contribution in [-0.2, 0) is 14.3 Å². The van der Waals surface area contributed by atoms with Crippen LogP contribution in [0.2, 0.25) is 0 Å². The number of carbonyl (C=O) groups is 2. The second-order valence-electron chi connectivity index (χ2n) is 18.3. The van der Waals surface area contributed by atoms with Gasteiger partial charge in [-0.1, -0.05) is 238 Å². The van der Waals surface area contributed by atoms with E-state index in [4.69, 9.17) is 4.74 Å². The van der Waals surface area contributed by atoms with Gasteiger partial charge in [-0.2, -0.15) is 0 Å². The number of allylic oxidation sites excluding steroid dienone is 4. The highest BCUT2D eigenvalue weighted by molar-refractivity contribution is 5.77. The molecule has 0 aromatic carbocycles. The van der Waals surface area contributed by atoms with Crippen molar-refractivity contribution < 1.29 is 24.5 Å². The van der Waals surface area contributed by atoms with Gasteiger partial charge in [-0.05, 0) is 57.8 Å². The summed E-state index contributed by atoms with van der Waals surface area (Å²) in [7, 11) is 0. The van der Waals surface area contributed by atoms with Crippen LogP contribution in [0.15, 0.2) is 24.3 Å². The maximum atomic E-state index is 13.2. The number of carbonyl (C=O) groups excluding carboxylic acids is 2. The van der Waals surface area contributed by atoms with E-state index in [2.05, 4.69) is 50.4 Å². The molecule has 0 rings (SSSR count). The fourth-order valence-corrected chi connectivity index (χ4v) is 8.23. The Bertz CT molecular complexity index is 950. The number of hydrogen-bond acceptors (Lipinski definition) is 5. The minimum atomic E-state index is -0.783. The molecule has 0 saturated heterocycles. The molecule has 0 aliphatic carbocycles. The van der Waals surface area contributed by atoms with Crippen LogP contribution in [0.3, 0.4) is 0 Å². The third-order valence-corrected chi connectivity index (χ3v) is 12.3. The number of aliphatic hydroxyl groups excluding tert-OH is 2. The van der Waals surface area contributed by atoms with Crippen molar-refractivity contribution in [2.45, 2.75) is 302 Å². The highest BCUT2D eigenvalue weighted by Crippen LogP contribution is 2.18. The lowest BCUT2D eigenvalue weighted by Gasteiger charge is -2.24. The molecule has 0 aromatic rings. The number of esters is 1. The van der Waals surface area contributed by atoms with Crippen LogP contribution in [0.25, 0.3) is 0 Å². The zero-order chi connectivity index (χ0) is 43.8. The molecule has 0 aliphatic rings. The Morgan fingerprint density at radius 3 is 1.30 bits per heavy atom. The fraction of sp³-hybridized carbons (Fsp3) is 0.889. The molecule has 1 amide bonds. The average Bonchev–Trinajstić information content (AvgIpc) is 3.24. The van der Waals surface area contributed by atoms with E-state index in [1.807, 2.05) is 0 Å². The van der Waals surface area contributed by atoms with Crippen LogP contribution in [0.1, 0.15) is 284 Å². The van der Waals surface area contributed by atoms with Crippen molar-refractivity contribution in [2.75, 3.05) is 6.61 Å². The van der Waals surface area contributed by atoms with E-state index in [0.29, 0.717) is 19.3 Å². The van der Waals surface area contributed by atoms with Crippen LogP contribution in [0.4, 0.5) is 0 Å². The molecule has 0 heterocycles. The fourth-order valence-electron chi connectivity index (χ4n) is 8.23. The van der Waals surface area contributed by atoms with Gasteiger partial charge in [0.25, 0.3) is 0 Å². The molecule has 6 nitrogen and oxygen atoms in total. The highest BCUT2D eigenvalue weighted by atomic mass is 16.5. The number of unbranched alkanes of at least 4 members (excludes halogenated alkanes) is 32. The lowest BCUT2D eigenvalue weighted by molar-refractivity contribution is -0.151. The van der Waals surface area contributed by atoms with Gasteiger partial charge in [0.15, 0.2) is 0 Å². The summed E-state index contributed by atoms with van der Waals surface area (Å²) in [5.41, 5.74) is 0. The lowest BCUT2D eigenvalue weighted by Crippen LogP contribution is -2.46. The summed E-state index contributed by atoms with van der Waals surface area (Å²) in [6.45, 7) is 6.46. The number of hydrogen-bond donors (Lipinski definition) is 3. The quantitative estimate of drug-likeness (QED) is 0.0322. The van der Waals surface area contributed by atoms with Gasteiger partial charge in [0.1, 0.15) is 6.10 Å². The Morgan fingerprint density at radius 1 is 0.483 bits per heavy atom. The molecule has 0 spiro atoms. The second kappa shape index (κ2) is 48.4. The number of aliphatic hydroxyl groups is 2. The second-order valence-corrected chi connectivity index (χ2v) is 18.3. The standard InChI is InChI=1S/C54H103NO5/c1-4-7-10-13-16-19-21-23-24-25-26-27-28-30-32-35-38-41-44-47-54(59)60-50(45-42-39-36-33-18-15-12-9-6-3)48-53(58)55-51(49-56)52(57)46-43-40-37-34-31-29-22-20-17-14-11-8-5-2/h16,19,23-24,50-52,56-57H,4-15,17-18,20-22,25-49H2,1-3H3,(H,55,58)/b19-16-,24-23-. The SMILES string of the molecule is CCCCC/C=C\C/C=C\CCCCCCCCCCCC(=O)OC(CCCCCCCCCCC)CC(=O)NC(CO)C(O)CCCCCCCCCCCCCCC. The summed E-state index contributed by atoms with van der Waals surface area (Å²) in [6.07, 6.45) is 55.3. The van der Waals surface area contributed by atoms with E-state index in [0.717, 1.165) is 51.4 Å². The smallest absolute Gasteiger partial charge is 0.306 e. The molecule has 0 aromatic heterocycles. The minimum absolute atomic E-state index is 0.0809. The number of nitrogens with one attached hydrogen (secondary N) is 1. The topological polar surface area (TPSA) is 95.9 Å². The minimum Gasteiger partial charge on any atom is -0.462 e. The van der Waals surface area contributed by atoms with E-state index < -0.39 is 18.2 Å². The molecule has 354 valence electrons. The van der Waals surface area contributed by atoms with Crippen LogP contribution < -0.4 is 5.32 Å². The van der Waals surface area contributed by atoms with Crippen LogP contribution in [0.5, 0.6) is 0 Å². The number of amides is 1. The zero-order valence-corrected chi connectivity index (χ0v) is 40.4. The van der Waals surface area contributed by atoms with Gasteiger partial charge in [-0.15, -0.1) is 0 Å². The molecule has 3 atom stereocenters. The van der Waals surface area contributed by atoms with Crippen molar-refractivity contribution in [3.63, 3.8) is 0 Å². The van der Waals surface area contributed by atoms with Gasteiger partial charge in [0.05, 0.1) is 25.2 Å². The Labute approximate surface area is 373 Å². The van der Waals surface area contributed by atoms with E-state index in [9.17, 15) is 19.8 Å². The molecule has 6 heteroatoms. The number of ether oxygens (including phenoxy) is 1. The van der Waals surface area contributed by atoms with E-state index in [-0.39, 0.29) is 24.9 Å². The third-order valence-electron chi connectivity index (χ3n) is 12.3. The Kier molecular flexibility index (Phi) is 47.0. The molecule has 0 saturated carbocycles. The van der Waals surface area contributed by atoms with Crippen molar-refractivity contribution >= 4 is 11.9 Å². The monoisotopic (exact) mass is 846 g/mol. The van der Waals surface area contributed by atoms with E-state index >= 15 is 0 Å². The molecule has 0 bridgehead atoms. The van der Waals surface area contributed by atoms with E-state index in [1.165, 1.54) is 186 Å². The maximum absolute atomic E-state index is 13.2. The first-order valence-electron chi connectivity index (χ1n) is 26.6. The normalized spacial score (nSPS) is 13.3. The molecule has 0 radical (unpaired) electrons. The molecule has 60 heavy (non-hydrogen) atoms. The molecule has 3 unspecified atom stereocenters. The first-order chi connectivity index (χ1) is 29.5. The van der Waals surface area contributed by atoms with Crippen molar-refractivity contribution in [1.82, 2.24) is 5.32 Å². The summed E-state index contributed by atoms with van der Waals surface area (Å²) in [6, 6.07) is -0.696. The van der Waals surface area contributed by atoms with Crippen LogP contribution in [-0.4, -0.2) is 46.9 Å². The van der Waals surface area contributed by atoms with E-state index in [1.54, 1.807) is 0 Å². The first-order valence-corrected chi connectivity index (χ1v) is 26.6. The lowest BCUT2D eigenvalue weighted by atomic mass is 10.0. The van der Waals surface area contributed by atoms with Crippen molar-refractivity contribution in [2.24, 2.45) is 0 Å². The molecule has 0 aliphatic heterocycles. The Hall–Kier alpha value is -1.66. The molecular formula is C54H103NO5. The van der Waals surface area contributed by atoms with Gasteiger partial charge in [-0.3, -0.25) is 9.59 Å². The largest absolute Gasteiger partial charge is 0.462 e. The average molecular weight is 846 g/mol. The van der Waals surface area contributed by atoms with Crippen LogP contribution >= 0.6 is 0 Å². The summed E-state index contributed by atoms with van der Waals surface area (Å²) < 4.78 is 5.93. The predicted octanol–water partition coefficient (Wildman–Crippen LogP) is 15.9. The Balaban J connectivity index is 4.40. The maximum Gasteiger partial charge on any atom is 0.306 e. The van der Waals surface area contributed by atoms with Gasteiger partial charge in [-0.25, -0.2) is 0 Å². The van der Waals surface area contributed by atoms with Crippen molar-refractivity contribution in [1.29, 1.82) is 0 Å². The summed E-state index contributed by atoms with van der Waals surface area (Å²) in [5.74, 6) is -0.466. The van der Waals surface area contributed by atoms with Gasteiger partial charge >= 0.3 is 5.97 Å². The highest BCUT2D eigenvalue weighted by Gasteiger charge is 2.24. The van der Waals surface area contributed by atoms with Gasteiger partial charge in [0, 0.05) is 6.42 Å². The van der Waals surface area contributed by atoms with Crippen molar-refractivity contribution in [3.8, 4) is 0 Å². The number of rotatable bonds is 48. The predicted molar refractivity (Wildman–Crippen MR) is 260 cm³/mol. The van der Waals surface area contributed by atoms with Crippen LogP contribution in [0, 0.1) is 0 Å². The van der Waals surface area contributed by atoms with Gasteiger partial charge in [0.2, 0.25) is 5.91 Å². The molecule has 0 fully saturated rings. The summed E-state index contributed by atoms with van der Waals surface area (Å²) >= 11 is 0. The van der Waals surface area contributed by atoms with Crippen molar-refractivity contribution in [3.05, 3.63) is 24.3 Å².